The molecule has 0 spiro atoms. The van der Waals surface area contributed by atoms with E-state index < -0.39 is 0 Å². The summed E-state index contributed by atoms with van der Waals surface area (Å²) in [6, 6.07) is 9.30. The number of hydrogen-bond acceptors (Lipinski definition) is 4. The number of likely N-dealkylation sites (N-methyl/N-ethyl adjacent to an activating group) is 1. The molecule has 0 saturated carbocycles. The minimum absolute atomic E-state index is 0.0632. The van der Waals surface area contributed by atoms with Gasteiger partial charge in [0.15, 0.2) is 5.78 Å². The average Bonchev–Trinajstić information content (AvgIpc) is 2.98. The predicted molar refractivity (Wildman–Crippen MR) is 87.9 cm³/mol. The highest BCUT2D eigenvalue weighted by atomic mass is 35.5. The van der Waals surface area contributed by atoms with Gasteiger partial charge < -0.3 is 4.74 Å². The lowest BCUT2D eigenvalue weighted by Crippen LogP contribution is -2.27. The van der Waals surface area contributed by atoms with Crippen LogP contribution in [0.5, 0.6) is 5.75 Å². The van der Waals surface area contributed by atoms with E-state index in [4.69, 9.17) is 16.3 Å². The Hall–Kier alpha value is -1.36. The van der Waals surface area contributed by atoms with Crippen molar-refractivity contribution in [2.24, 2.45) is 0 Å². The van der Waals surface area contributed by atoms with Gasteiger partial charge in [0.2, 0.25) is 0 Å². The number of halogens is 1. The maximum atomic E-state index is 12.2. The number of Topliss-reactive ketones (excluding diaryl/α,β-unsaturated/α-hetero) is 1. The summed E-state index contributed by atoms with van der Waals surface area (Å²) in [5, 5.41) is 2.53. The van der Waals surface area contributed by atoms with Crippen molar-refractivity contribution in [2.45, 2.75) is 6.42 Å². The fourth-order valence-electron chi connectivity index (χ4n) is 2.01. The van der Waals surface area contributed by atoms with Crippen LogP contribution < -0.4 is 4.74 Å². The molecule has 0 bridgehead atoms. The Morgan fingerprint density at radius 3 is 2.81 bits per heavy atom. The number of nitrogens with zero attached hydrogens (tertiary/aromatic N) is 1. The van der Waals surface area contributed by atoms with E-state index in [-0.39, 0.29) is 5.78 Å². The summed E-state index contributed by atoms with van der Waals surface area (Å²) in [6.45, 7) is 1.24. The highest BCUT2D eigenvalue weighted by molar-refractivity contribution is 7.09. The standard InChI is InChI=1S/C16H18ClNO2S/c1-18(8-7-13-4-3-9-21-13)11-15(19)12-5-6-16(20-2)14(17)10-12/h3-6,9-10H,7-8,11H2,1-2H3. The lowest BCUT2D eigenvalue weighted by molar-refractivity contribution is 0.0947. The first-order valence-corrected chi connectivity index (χ1v) is 7.93. The van der Waals surface area contributed by atoms with Gasteiger partial charge in [-0.25, -0.2) is 0 Å². The fraction of sp³-hybridized carbons (Fsp3) is 0.312. The Balaban J connectivity index is 1.89. The van der Waals surface area contributed by atoms with Gasteiger partial charge in [-0.3, -0.25) is 9.69 Å². The van der Waals surface area contributed by atoms with Crippen LogP contribution >= 0.6 is 22.9 Å². The maximum absolute atomic E-state index is 12.2. The number of hydrogen-bond donors (Lipinski definition) is 0. The van der Waals surface area contributed by atoms with Crippen LogP contribution in [0.25, 0.3) is 0 Å². The van der Waals surface area contributed by atoms with Gasteiger partial charge in [0, 0.05) is 17.0 Å². The van der Waals surface area contributed by atoms with E-state index in [2.05, 4.69) is 11.4 Å². The van der Waals surface area contributed by atoms with Gasteiger partial charge in [0.1, 0.15) is 5.75 Å². The molecule has 0 radical (unpaired) electrons. The van der Waals surface area contributed by atoms with Gasteiger partial charge >= 0.3 is 0 Å². The molecule has 3 nitrogen and oxygen atoms in total. The maximum Gasteiger partial charge on any atom is 0.176 e. The van der Waals surface area contributed by atoms with E-state index in [0.717, 1.165) is 13.0 Å². The minimum atomic E-state index is 0.0632. The number of thiophene rings is 1. The van der Waals surface area contributed by atoms with Crippen LogP contribution in [0.1, 0.15) is 15.2 Å². The Kier molecular flexibility index (Phi) is 5.79. The van der Waals surface area contributed by atoms with Crippen molar-refractivity contribution in [3.05, 3.63) is 51.2 Å². The van der Waals surface area contributed by atoms with E-state index in [1.165, 1.54) is 4.88 Å². The monoisotopic (exact) mass is 323 g/mol. The van der Waals surface area contributed by atoms with Crippen LogP contribution in [0.3, 0.4) is 0 Å². The van der Waals surface area contributed by atoms with Crippen LogP contribution in [-0.4, -0.2) is 37.9 Å². The number of ether oxygens (including phenoxy) is 1. The lowest BCUT2D eigenvalue weighted by atomic mass is 10.1. The van der Waals surface area contributed by atoms with Crippen molar-refractivity contribution in [1.29, 1.82) is 0 Å². The molecule has 0 aliphatic rings. The second-order valence-corrected chi connectivity index (χ2v) is 6.28. The first-order chi connectivity index (χ1) is 10.1. The van der Waals surface area contributed by atoms with Crippen LogP contribution in [0.15, 0.2) is 35.7 Å². The van der Waals surface area contributed by atoms with Crippen molar-refractivity contribution in [2.75, 3.05) is 27.2 Å². The van der Waals surface area contributed by atoms with E-state index in [0.29, 0.717) is 22.9 Å². The smallest absolute Gasteiger partial charge is 0.176 e. The Bertz CT molecular complexity index is 598. The number of rotatable bonds is 7. The molecule has 5 heteroatoms. The third-order valence-corrected chi connectivity index (χ3v) is 4.44. The van der Waals surface area contributed by atoms with E-state index in [1.54, 1.807) is 36.6 Å². The fourth-order valence-corrected chi connectivity index (χ4v) is 2.97. The molecule has 1 aromatic carbocycles. The van der Waals surface area contributed by atoms with E-state index in [1.807, 2.05) is 18.0 Å². The first-order valence-electron chi connectivity index (χ1n) is 6.68. The highest BCUT2D eigenvalue weighted by Gasteiger charge is 2.12. The second-order valence-electron chi connectivity index (χ2n) is 4.84. The molecule has 0 saturated heterocycles. The molecule has 0 atom stereocenters. The van der Waals surface area contributed by atoms with Gasteiger partial charge in [-0.15, -0.1) is 11.3 Å². The van der Waals surface area contributed by atoms with Crippen molar-refractivity contribution in [1.82, 2.24) is 4.90 Å². The zero-order valence-electron chi connectivity index (χ0n) is 12.1. The molecule has 2 rings (SSSR count). The van der Waals surface area contributed by atoms with Crippen molar-refractivity contribution in [3.8, 4) is 5.75 Å². The molecule has 112 valence electrons. The Labute approximate surface area is 134 Å². The van der Waals surface area contributed by atoms with Crippen LogP contribution in [0, 0.1) is 0 Å². The molecule has 2 aromatic rings. The second kappa shape index (κ2) is 7.59. The Morgan fingerprint density at radius 2 is 2.19 bits per heavy atom. The summed E-state index contributed by atoms with van der Waals surface area (Å²) in [4.78, 5) is 15.6. The van der Waals surface area contributed by atoms with Crippen molar-refractivity contribution < 1.29 is 9.53 Å². The molecule has 0 aliphatic heterocycles. The molecular formula is C16H18ClNO2S. The molecule has 0 aliphatic carbocycles. The molecule has 21 heavy (non-hydrogen) atoms. The number of methoxy groups -OCH3 is 1. The number of ketones is 1. The summed E-state index contributed by atoms with van der Waals surface area (Å²) in [6.07, 6.45) is 0.963. The van der Waals surface area contributed by atoms with Gasteiger partial charge in [-0.1, -0.05) is 17.7 Å². The number of carbonyl (C=O) groups is 1. The number of benzene rings is 1. The average molecular weight is 324 g/mol. The quantitative estimate of drug-likeness (QED) is 0.726. The minimum Gasteiger partial charge on any atom is -0.495 e. The molecule has 1 heterocycles. The third-order valence-electron chi connectivity index (χ3n) is 3.21. The van der Waals surface area contributed by atoms with Crippen molar-refractivity contribution >= 4 is 28.7 Å². The van der Waals surface area contributed by atoms with E-state index >= 15 is 0 Å². The van der Waals surface area contributed by atoms with Gasteiger partial charge in [-0.2, -0.15) is 0 Å². The highest BCUT2D eigenvalue weighted by Crippen LogP contribution is 2.25. The predicted octanol–water partition coefficient (Wildman–Crippen LogP) is 3.77. The molecule has 0 amide bonds. The third kappa shape index (κ3) is 4.56. The van der Waals surface area contributed by atoms with Crippen LogP contribution in [0.2, 0.25) is 5.02 Å². The zero-order valence-corrected chi connectivity index (χ0v) is 13.7. The van der Waals surface area contributed by atoms with Crippen LogP contribution in [0.4, 0.5) is 0 Å². The topological polar surface area (TPSA) is 29.5 Å². The first kappa shape index (κ1) is 16.0. The molecule has 0 unspecified atom stereocenters. The zero-order chi connectivity index (χ0) is 15.2. The number of carbonyl (C=O) groups excluding carboxylic acids is 1. The summed E-state index contributed by atoms with van der Waals surface area (Å²) in [5.74, 6) is 0.646. The summed E-state index contributed by atoms with van der Waals surface area (Å²) >= 11 is 7.79. The molecule has 0 fully saturated rings. The summed E-state index contributed by atoms with van der Waals surface area (Å²) in [5.41, 5.74) is 0.615. The van der Waals surface area contributed by atoms with Crippen LogP contribution in [-0.2, 0) is 6.42 Å². The van der Waals surface area contributed by atoms with Gasteiger partial charge in [0.05, 0.1) is 18.7 Å². The van der Waals surface area contributed by atoms with Gasteiger partial charge in [-0.05, 0) is 43.1 Å². The largest absolute Gasteiger partial charge is 0.495 e. The van der Waals surface area contributed by atoms with Gasteiger partial charge in [0.25, 0.3) is 0 Å². The molecule has 0 N–H and O–H groups in total. The Morgan fingerprint density at radius 1 is 1.38 bits per heavy atom. The SMILES string of the molecule is COc1ccc(C(=O)CN(C)CCc2cccs2)cc1Cl. The molecular weight excluding hydrogens is 306 g/mol. The summed E-state index contributed by atoms with van der Waals surface area (Å²) < 4.78 is 5.09. The summed E-state index contributed by atoms with van der Waals surface area (Å²) in [7, 11) is 3.51. The molecule has 1 aromatic heterocycles. The normalized spacial score (nSPS) is 10.9. The lowest BCUT2D eigenvalue weighted by Gasteiger charge is -2.15. The van der Waals surface area contributed by atoms with E-state index in [9.17, 15) is 4.79 Å². The van der Waals surface area contributed by atoms with Crippen molar-refractivity contribution in [3.63, 3.8) is 0 Å².